The second-order valence-electron chi connectivity index (χ2n) is 3.98. The van der Waals surface area contributed by atoms with Crippen LogP contribution in [0.25, 0.3) is 0 Å². The van der Waals surface area contributed by atoms with Crippen LogP contribution in [-0.4, -0.2) is 12.1 Å². The Morgan fingerprint density at radius 3 is 2.65 bits per heavy atom. The Bertz CT molecular complexity index is 656. The van der Waals surface area contributed by atoms with Gasteiger partial charge >= 0.3 is 0 Å². The Kier molecular flexibility index (Phi) is 4.47. The number of nitrogen functional groups attached to an aromatic ring is 1. The first-order valence-electron chi connectivity index (χ1n) is 5.70. The van der Waals surface area contributed by atoms with E-state index in [0.29, 0.717) is 16.8 Å². The van der Waals surface area contributed by atoms with Crippen molar-refractivity contribution in [3.05, 3.63) is 63.9 Å². The van der Waals surface area contributed by atoms with Crippen LogP contribution in [0.5, 0.6) is 0 Å². The van der Waals surface area contributed by atoms with Crippen LogP contribution in [0.3, 0.4) is 0 Å². The third kappa shape index (κ3) is 3.64. The van der Waals surface area contributed by atoms with Gasteiger partial charge in [-0.2, -0.15) is 5.10 Å². The Morgan fingerprint density at radius 2 is 1.95 bits per heavy atom. The minimum atomic E-state index is -0.415. The molecule has 3 N–H and O–H groups in total. The number of anilines is 1. The van der Waals surface area contributed by atoms with Crippen molar-refractivity contribution in [1.29, 1.82) is 0 Å². The van der Waals surface area contributed by atoms with Gasteiger partial charge in [-0.05, 0) is 35.9 Å². The Labute approximate surface area is 123 Å². The van der Waals surface area contributed by atoms with E-state index in [-0.39, 0.29) is 5.82 Å². The molecule has 0 spiro atoms. The summed E-state index contributed by atoms with van der Waals surface area (Å²) < 4.78 is 13.5. The van der Waals surface area contributed by atoms with E-state index in [2.05, 4.69) is 26.5 Å². The number of hydrazone groups is 1. The fourth-order valence-electron chi connectivity index (χ4n) is 1.50. The summed E-state index contributed by atoms with van der Waals surface area (Å²) in [5, 5.41) is 3.80. The second-order valence-corrected chi connectivity index (χ2v) is 4.90. The van der Waals surface area contributed by atoms with E-state index in [1.54, 1.807) is 30.3 Å². The lowest BCUT2D eigenvalue weighted by molar-refractivity contribution is 0.0956. The number of benzene rings is 2. The number of amides is 1. The molecular formula is C14H11BrFN3O. The van der Waals surface area contributed by atoms with Gasteiger partial charge in [0.25, 0.3) is 5.91 Å². The van der Waals surface area contributed by atoms with E-state index in [9.17, 15) is 9.18 Å². The highest BCUT2D eigenvalue weighted by Crippen LogP contribution is 2.18. The number of carbonyl (C=O) groups is 1. The smallest absolute Gasteiger partial charge is 0.273 e. The molecule has 0 heterocycles. The van der Waals surface area contributed by atoms with Crippen molar-refractivity contribution in [2.24, 2.45) is 5.10 Å². The van der Waals surface area contributed by atoms with Crippen LogP contribution in [0.15, 0.2) is 52.0 Å². The summed E-state index contributed by atoms with van der Waals surface area (Å²) in [6, 6.07) is 10.7. The molecule has 4 nitrogen and oxygen atoms in total. The molecule has 0 radical (unpaired) electrons. The molecule has 2 rings (SSSR count). The molecule has 0 aliphatic carbocycles. The first-order chi connectivity index (χ1) is 9.56. The fraction of sp³-hybridized carbons (Fsp3) is 0. The molecule has 0 saturated carbocycles. The monoisotopic (exact) mass is 335 g/mol. The van der Waals surface area contributed by atoms with Gasteiger partial charge in [-0.15, -0.1) is 0 Å². The highest BCUT2D eigenvalue weighted by molar-refractivity contribution is 9.10. The standard InChI is InChI=1S/C14H11BrFN3O/c15-10-3-6-13(17)12(7-10)14(20)19-18-8-9-1-4-11(16)5-2-9/h1-8H,17H2,(H,19,20). The van der Waals surface area contributed by atoms with Gasteiger partial charge in [-0.25, -0.2) is 9.82 Å². The quantitative estimate of drug-likeness (QED) is 0.514. The van der Waals surface area contributed by atoms with E-state index < -0.39 is 5.91 Å². The van der Waals surface area contributed by atoms with Crippen LogP contribution < -0.4 is 11.2 Å². The average molecular weight is 336 g/mol. The predicted molar refractivity (Wildman–Crippen MR) is 80.0 cm³/mol. The number of nitrogens with one attached hydrogen (secondary N) is 1. The maximum absolute atomic E-state index is 12.7. The summed E-state index contributed by atoms with van der Waals surface area (Å²) in [6.45, 7) is 0. The minimum Gasteiger partial charge on any atom is -0.398 e. The van der Waals surface area contributed by atoms with E-state index in [0.717, 1.165) is 4.47 Å². The van der Waals surface area contributed by atoms with Gasteiger partial charge in [0, 0.05) is 10.2 Å². The summed E-state index contributed by atoms with van der Waals surface area (Å²) in [5.74, 6) is -0.741. The lowest BCUT2D eigenvalue weighted by Crippen LogP contribution is -2.19. The molecule has 1 amide bonds. The molecule has 6 heteroatoms. The molecule has 0 atom stereocenters. The highest BCUT2D eigenvalue weighted by Gasteiger charge is 2.08. The van der Waals surface area contributed by atoms with Gasteiger partial charge in [0.15, 0.2) is 0 Å². The zero-order valence-corrected chi connectivity index (χ0v) is 11.9. The topological polar surface area (TPSA) is 67.5 Å². The SMILES string of the molecule is Nc1ccc(Br)cc1C(=O)NN=Cc1ccc(F)cc1. The lowest BCUT2D eigenvalue weighted by Gasteiger charge is -2.04. The first-order valence-corrected chi connectivity index (χ1v) is 6.49. The molecule has 0 saturated heterocycles. The van der Waals surface area contributed by atoms with Crippen LogP contribution in [0, 0.1) is 5.82 Å². The van der Waals surface area contributed by atoms with Crippen molar-refractivity contribution in [3.63, 3.8) is 0 Å². The summed E-state index contributed by atoms with van der Waals surface area (Å²) in [5.41, 5.74) is 9.45. The van der Waals surface area contributed by atoms with Gasteiger partial charge in [-0.3, -0.25) is 4.79 Å². The van der Waals surface area contributed by atoms with E-state index >= 15 is 0 Å². The normalized spacial score (nSPS) is 10.7. The molecule has 0 aromatic heterocycles. The van der Waals surface area contributed by atoms with Crippen molar-refractivity contribution < 1.29 is 9.18 Å². The molecule has 0 aliphatic rings. The number of halogens is 2. The molecule has 0 aliphatic heterocycles. The summed E-state index contributed by atoms with van der Waals surface area (Å²) in [6.07, 6.45) is 1.42. The van der Waals surface area contributed by atoms with Gasteiger partial charge in [-0.1, -0.05) is 28.1 Å². The lowest BCUT2D eigenvalue weighted by atomic mass is 10.2. The maximum atomic E-state index is 12.7. The zero-order chi connectivity index (χ0) is 14.5. The maximum Gasteiger partial charge on any atom is 0.273 e. The third-order valence-electron chi connectivity index (χ3n) is 2.51. The van der Waals surface area contributed by atoms with Crippen LogP contribution in [0.4, 0.5) is 10.1 Å². The Morgan fingerprint density at radius 1 is 1.25 bits per heavy atom. The molecule has 0 bridgehead atoms. The van der Waals surface area contributed by atoms with Crippen molar-refractivity contribution in [1.82, 2.24) is 5.43 Å². The van der Waals surface area contributed by atoms with Gasteiger partial charge in [0.1, 0.15) is 5.82 Å². The van der Waals surface area contributed by atoms with Crippen molar-refractivity contribution >= 4 is 33.7 Å². The molecule has 0 unspecified atom stereocenters. The predicted octanol–water partition coefficient (Wildman–Crippen LogP) is 2.93. The number of nitrogens with zero attached hydrogens (tertiary/aromatic N) is 1. The summed E-state index contributed by atoms with van der Waals surface area (Å²) in [4.78, 5) is 11.9. The zero-order valence-electron chi connectivity index (χ0n) is 10.3. The third-order valence-corrected chi connectivity index (χ3v) is 3.00. The molecule has 2 aromatic carbocycles. The Hall–Kier alpha value is -2.21. The molecular weight excluding hydrogens is 325 g/mol. The summed E-state index contributed by atoms with van der Waals surface area (Å²) in [7, 11) is 0. The number of rotatable bonds is 3. The van der Waals surface area contributed by atoms with E-state index in [1.165, 1.54) is 18.3 Å². The highest BCUT2D eigenvalue weighted by atomic mass is 79.9. The van der Waals surface area contributed by atoms with Gasteiger partial charge in [0.2, 0.25) is 0 Å². The minimum absolute atomic E-state index is 0.326. The van der Waals surface area contributed by atoms with E-state index in [4.69, 9.17) is 5.73 Å². The first kappa shape index (κ1) is 14.2. The average Bonchev–Trinajstić information content (AvgIpc) is 2.43. The Balaban J connectivity index is 2.05. The van der Waals surface area contributed by atoms with Crippen LogP contribution in [0.2, 0.25) is 0 Å². The molecule has 0 fully saturated rings. The summed E-state index contributed by atoms with van der Waals surface area (Å²) >= 11 is 3.27. The molecule has 2 aromatic rings. The second kappa shape index (κ2) is 6.29. The molecule has 20 heavy (non-hydrogen) atoms. The number of hydrogen-bond donors (Lipinski definition) is 2. The molecule has 102 valence electrons. The number of nitrogens with two attached hydrogens (primary N) is 1. The fourth-order valence-corrected chi connectivity index (χ4v) is 1.86. The van der Waals surface area contributed by atoms with Crippen LogP contribution >= 0.6 is 15.9 Å². The van der Waals surface area contributed by atoms with Crippen molar-refractivity contribution in [3.8, 4) is 0 Å². The van der Waals surface area contributed by atoms with Gasteiger partial charge in [0.05, 0.1) is 11.8 Å². The van der Waals surface area contributed by atoms with Crippen LogP contribution in [-0.2, 0) is 0 Å². The van der Waals surface area contributed by atoms with Gasteiger partial charge < -0.3 is 5.73 Å². The van der Waals surface area contributed by atoms with E-state index in [1.807, 2.05) is 0 Å². The van der Waals surface area contributed by atoms with Crippen molar-refractivity contribution in [2.45, 2.75) is 0 Å². The number of hydrogen-bond acceptors (Lipinski definition) is 3. The number of carbonyl (C=O) groups excluding carboxylic acids is 1. The largest absolute Gasteiger partial charge is 0.398 e. The van der Waals surface area contributed by atoms with Crippen LogP contribution in [0.1, 0.15) is 15.9 Å². The van der Waals surface area contributed by atoms with Crippen molar-refractivity contribution in [2.75, 3.05) is 5.73 Å².